The number of allylic oxidation sites excluding steroid dienone is 1. The Morgan fingerprint density at radius 2 is 1.92 bits per heavy atom. The molecule has 0 amide bonds. The van der Waals surface area contributed by atoms with Crippen LogP contribution in [0, 0.1) is 5.82 Å². The number of aliphatic hydroxyl groups is 1. The van der Waals surface area contributed by atoms with Gasteiger partial charge >= 0.3 is 0 Å². The molecule has 0 fully saturated rings. The molecular formula is C21H23FO4. The van der Waals surface area contributed by atoms with Crippen LogP contribution in [0.25, 0.3) is 17.2 Å². The topological polar surface area (TPSA) is 55.8 Å². The predicted octanol–water partition coefficient (Wildman–Crippen LogP) is 4.21. The van der Waals surface area contributed by atoms with Gasteiger partial charge in [0.1, 0.15) is 18.7 Å². The Labute approximate surface area is 152 Å². The molecule has 0 aliphatic heterocycles. The van der Waals surface area contributed by atoms with Gasteiger partial charge in [-0.2, -0.15) is 0 Å². The highest BCUT2D eigenvalue weighted by Crippen LogP contribution is 2.45. The third-order valence-electron chi connectivity index (χ3n) is 3.97. The van der Waals surface area contributed by atoms with Crippen molar-refractivity contribution in [2.75, 3.05) is 20.3 Å². The van der Waals surface area contributed by atoms with Gasteiger partial charge in [-0.25, -0.2) is 4.39 Å². The fourth-order valence-electron chi connectivity index (χ4n) is 2.84. The van der Waals surface area contributed by atoms with Crippen LogP contribution in [0.4, 0.5) is 4.39 Å². The van der Waals surface area contributed by atoms with E-state index in [2.05, 4.69) is 0 Å². The van der Waals surface area contributed by atoms with E-state index in [0.29, 0.717) is 23.3 Å². The Bertz CT molecular complexity index is 780. The number of aliphatic hydroxyl groups excluding tert-OH is 1. The average Bonchev–Trinajstić information content (AvgIpc) is 2.64. The van der Waals surface area contributed by atoms with Gasteiger partial charge in [-0.1, -0.05) is 32.1 Å². The summed E-state index contributed by atoms with van der Waals surface area (Å²) in [5, 5.41) is 9.10. The maximum absolute atomic E-state index is 13.4. The Morgan fingerprint density at radius 1 is 1.23 bits per heavy atom. The third kappa shape index (κ3) is 4.29. The highest BCUT2D eigenvalue weighted by molar-refractivity contribution is 5.87. The van der Waals surface area contributed by atoms with Crippen molar-refractivity contribution in [3.63, 3.8) is 0 Å². The minimum Gasteiger partial charge on any atom is -0.492 e. The molecule has 4 nitrogen and oxygen atoms in total. The molecule has 0 bridgehead atoms. The van der Waals surface area contributed by atoms with E-state index in [1.165, 1.54) is 25.3 Å². The molecule has 2 rings (SSSR count). The molecule has 0 saturated carbocycles. The van der Waals surface area contributed by atoms with Crippen LogP contribution in [-0.4, -0.2) is 31.7 Å². The number of ether oxygens (including phenoxy) is 2. The first-order chi connectivity index (χ1) is 12.5. The zero-order valence-corrected chi connectivity index (χ0v) is 15.2. The van der Waals surface area contributed by atoms with Gasteiger partial charge in [-0.3, -0.25) is 4.79 Å². The fourth-order valence-corrected chi connectivity index (χ4v) is 2.84. The van der Waals surface area contributed by atoms with Gasteiger partial charge in [0.05, 0.1) is 13.7 Å². The molecule has 0 aliphatic rings. The van der Waals surface area contributed by atoms with E-state index in [1.807, 2.05) is 19.9 Å². The van der Waals surface area contributed by atoms with E-state index in [9.17, 15) is 9.18 Å². The largest absolute Gasteiger partial charge is 0.492 e. The normalized spacial score (nSPS) is 11.2. The van der Waals surface area contributed by atoms with Crippen molar-refractivity contribution in [2.45, 2.75) is 19.8 Å². The zero-order chi connectivity index (χ0) is 19.1. The van der Waals surface area contributed by atoms with Crippen LogP contribution >= 0.6 is 0 Å². The molecule has 1 N–H and O–H groups in total. The lowest BCUT2D eigenvalue weighted by molar-refractivity contribution is -0.104. The van der Waals surface area contributed by atoms with Crippen LogP contribution in [0.3, 0.4) is 0 Å². The average molecular weight is 358 g/mol. The molecule has 2 aromatic carbocycles. The second-order valence-electron chi connectivity index (χ2n) is 6.01. The van der Waals surface area contributed by atoms with Gasteiger partial charge in [-0.05, 0) is 46.9 Å². The lowest BCUT2D eigenvalue weighted by Crippen LogP contribution is -2.06. The number of hydrogen-bond acceptors (Lipinski definition) is 4. The lowest BCUT2D eigenvalue weighted by Gasteiger charge is -2.22. The van der Waals surface area contributed by atoms with E-state index >= 15 is 0 Å². The molecule has 0 unspecified atom stereocenters. The number of carbonyl (C=O) groups is 1. The summed E-state index contributed by atoms with van der Waals surface area (Å²) in [6, 6.07) is 7.92. The predicted molar refractivity (Wildman–Crippen MR) is 100 cm³/mol. The highest BCUT2D eigenvalue weighted by atomic mass is 19.1. The van der Waals surface area contributed by atoms with Gasteiger partial charge in [0, 0.05) is 5.56 Å². The van der Waals surface area contributed by atoms with Gasteiger partial charge in [0.25, 0.3) is 0 Å². The van der Waals surface area contributed by atoms with E-state index in [-0.39, 0.29) is 24.9 Å². The quantitative estimate of drug-likeness (QED) is 0.567. The number of halogens is 1. The second kappa shape index (κ2) is 9.15. The summed E-state index contributed by atoms with van der Waals surface area (Å²) in [5.74, 6) is 0.769. The summed E-state index contributed by atoms with van der Waals surface area (Å²) in [7, 11) is 1.52. The molecule has 26 heavy (non-hydrogen) atoms. The van der Waals surface area contributed by atoms with Crippen molar-refractivity contribution < 1.29 is 23.8 Å². The molecule has 0 spiro atoms. The number of rotatable bonds is 8. The summed E-state index contributed by atoms with van der Waals surface area (Å²) in [6.45, 7) is 4.06. The molecular weight excluding hydrogens is 335 g/mol. The summed E-state index contributed by atoms with van der Waals surface area (Å²) < 4.78 is 24.7. The van der Waals surface area contributed by atoms with Crippen LogP contribution in [0.2, 0.25) is 0 Å². The number of benzene rings is 2. The monoisotopic (exact) mass is 358 g/mol. The number of hydrogen-bond donors (Lipinski definition) is 1. The summed E-state index contributed by atoms with van der Waals surface area (Å²) in [4.78, 5) is 10.9. The van der Waals surface area contributed by atoms with Crippen LogP contribution in [0.15, 0.2) is 36.4 Å². The molecule has 5 heteroatoms. The van der Waals surface area contributed by atoms with E-state index in [1.54, 1.807) is 18.2 Å². The van der Waals surface area contributed by atoms with Crippen LogP contribution in [-0.2, 0) is 4.79 Å². The van der Waals surface area contributed by atoms with Crippen molar-refractivity contribution in [1.82, 2.24) is 0 Å². The standard InChI is InChI=1S/C21H23FO4/c1-14(2)18-13-19(26-12-11-24)21(25-3)20(17(18)5-4-10-23)15-6-8-16(22)9-7-15/h4-10,13-14,24H,11-12H2,1-3H3. The Balaban J connectivity index is 2.83. The minimum atomic E-state index is -0.338. The van der Waals surface area contributed by atoms with E-state index < -0.39 is 0 Å². The first kappa shape index (κ1) is 19.7. The summed E-state index contributed by atoms with van der Waals surface area (Å²) in [6.07, 6.45) is 3.85. The molecule has 138 valence electrons. The minimum absolute atomic E-state index is 0.125. The third-order valence-corrected chi connectivity index (χ3v) is 3.97. The first-order valence-corrected chi connectivity index (χ1v) is 8.39. The van der Waals surface area contributed by atoms with E-state index in [0.717, 1.165) is 16.7 Å². The molecule has 0 heterocycles. The Morgan fingerprint density at radius 3 is 2.46 bits per heavy atom. The fraction of sp³-hybridized carbons (Fsp3) is 0.286. The van der Waals surface area contributed by atoms with Gasteiger partial charge in [0.15, 0.2) is 11.5 Å². The smallest absolute Gasteiger partial charge is 0.169 e. The van der Waals surface area contributed by atoms with Crippen LogP contribution < -0.4 is 9.47 Å². The van der Waals surface area contributed by atoms with Crippen molar-refractivity contribution >= 4 is 12.4 Å². The van der Waals surface area contributed by atoms with Gasteiger partial charge in [-0.15, -0.1) is 0 Å². The number of methoxy groups -OCH3 is 1. The summed E-state index contributed by atoms with van der Waals surface area (Å²) in [5.41, 5.74) is 3.22. The van der Waals surface area contributed by atoms with Crippen LogP contribution in [0.5, 0.6) is 11.5 Å². The molecule has 0 saturated heterocycles. The summed E-state index contributed by atoms with van der Waals surface area (Å²) >= 11 is 0. The first-order valence-electron chi connectivity index (χ1n) is 8.39. The van der Waals surface area contributed by atoms with Crippen molar-refractivity contribution in [1.29, 1.82) is 0 Å². The second-order valence-corrected chi connectivity index (χ2v) is 6.01. The maximum atomic E-state index is 13.4. The van der Waals surface area contributed by atoms with Gasteiger partial charge in [0.2, 0.25) is 0 Å². The van der Waals surface area contributed by atoms with Crippen molar-refractivity contribution in [3.8, 4) is 22.6 Å². The van der Waals surface area contributed by atoms with Crippen molar-refractivity contribution in [3.05, 3.63) is 53.4 Å². The lowest BCUT2D eigenvalue weighted by atomic mass is 9.88. The molecule has 2 aromatic rings. The SMILES string of the molecule is COc1c(OCCO)cc(C(C)C)c(C=CC=O)c1-c1ccc(F)cc1. The van der Waals surface area contributed by atoms with Crippen LogP contribution in [0.1, 0.15) is 30.9 Å². The highest BCUT2D eigenvalue weighted by Gasteiger charge is 2.21. The molecule has 0 radical (unpaired) electrons. The van der Waals surface area contributed by atoms with Gasteiger partial charge < -0.3 is 14.6 Å². The zero-order valence-electron chi connectivity index (χ0n) is 15.2. The Kier molecular flexibility index (Phi) is 6.92. The molecule has 0 aromatic heterocycles. The molecule has 0 aliphatic carbocycles. The van der Waals surface area contributed by atoms with E-state index in [4.69, 9.17) is 14.6 Å². The van der Waals surface area contributed by atoms with Crippen molar-refractivity contribution in [2.24, 2.45) is 0 Å². The number of aldehydes is 1. The molecule has 0 atom stereocenters. The maximum Gasteiger partial charge on any atom is 0.169 e. The number of carbonyl (C=O) groups excluding carboxylic acids is 1. The Hall–Kier alpha value is -2.66.